The van der Waals surface area contributed by atoms with E-state index in [1.54, 1.807) is 55.5 Å². The summed E-state index contributed by atoms with van der Waals surface area (Å²) in [6.45, 7) is 1.66. The third kappa shape index (κ3) is 5.69. The van der Waals surface area contributed by atoms with E-state index < -0.39 is 12.1 Å². The summed E-state index contributed by atoms with van der Waals surface area (Å²) in [6, 6.07) is 24.5. The van der Waals surface area contributed by atoms with Crippen LogP contribution in [0.2, 0.25) is 0 Å². The molecule has 1 N–H and O–H groups in total. The molecule has 0 saturated heterocycles. The highest BCUT2D eigenvalue weighted by molar-refractivity contribution is 6.04. The molecule has 0 aliphatic carbocycles. The molecule has 0 unspecified atom stereocenters. The fraction of sp³-hybridized carbons (Fsp3) is 0.125. The highest BCUT2D eigenvalue weighted by atomic mass is 16.6. The van der Waals surface area contributed by atoms with Gasteiger partial charge < -0.3 is 14.8 Å². The standard InChI is InChI=1S/C24H20N2O4/c1-17(30-22-13-9-18(15-25)10-14-22)24(28)29-16-19-7-11-20(12-8-19)23(27)26-21-5-3-2-4-6-21/h2-14,17H,16H2,1H3,(H,26,27)/t17-/m0/s1. The van der Waals surface area contributed by atoms with E-state index in [1.807, 2.05) is 36.4 Å². The number of carbonyl (C=O) groups excluding carboxylic acids is 2. The first-order valence-corrected chi connectivity index (χ1v) is 9.34. The Morgan fingerprint density at radius 3 is 2.27 bits per heavy atom. The number of ether oxygens (including phenoxy) is 2. The molecule has 3 aromatic rings. The van der Waals surface area contributed by atoms with Crippen molar-refractivity contribution in [3.8, 4) is 11.8 Å². The second-order valence-electron chi connectivity index (χ2n) is 6.52. The third-order valence-electron chi connectivity index (χ3n) is 4.26. The van der Waals surface area contributed by atoms with Crippen molar-refractivity contribution < 1.29 is 19.1 Å². The fourth-order valence-electron chi connectivity index (χ4n) is 2.61. The lowest BCUT2D eigenvalue weighted by Gasteiger charge is -2.14. The molecule has 1 amide bonds. The topological polar surface area (TPSA) is 88.4 Å². The Hall–Kier alpha value is -4.11. The zero-order valence-corrected chi connectivity index (χ0v) is 16.4. The second kappa shape index (κ2) is 9.89. The lowest BCUT2D eigenvalue weighted by molar-refractivity contribution is -0.152. The van der Waals surface area contributed by atoms with Crippen molar-refractivity contribution in [3.63, 3.8) is 0 Å². The van der Waals surface area contributed by atoms with Crippen LogP contribution in [0.1, 0.15) is 28.4 Å². The molecule has 0 bridgehead atoms. The normalized spacial score (nSPS) is 11.1. The molecule has 0 saturated carbocycles. The lowest BCUT2D eigenvalue weighted by atomic mass is 10.1. The monoisotopic (exact) mass is 400 g/mol. The smallest absolute Gasteiger partial charge is 0.347 e. The van der Waals surface area contributed by atoms with Gasteiger partial charge in [0.15, 0.2) is 6.10 Å². The Bertz CT molecular complexity index is 1040. The molecule has 0 aliphatic heterocycles. The van der Waals surface area contributed by atoms with E-state index in [4.69, 9.17) is 14.7 Å². The summed E-state index contributed by atoms with van der Waals surface area (Å²) in [6.07, 6.45) is -0.797. The van der Waals surface area contributed by atoms with Crippen molar-refractivity contribution in [2.75, 3.05) is 5.32 Å². The number of para-hydroxylation sites is 1. The number of benzene rings is 3. The molecule has 6 nitrogen and oxygen atoms in total. The third-order valence-corrected chi connectivity index (χ3v) is 4.26. The van der Waals surface area contributed by atoms with Gasteiger partial charge in [-0.25, -0.2) is 4.79 Å². The van der Waals surface area contributed by atoms with Gasteiger partial charge in [-0.2, -0.15) is 5.26 Å². The predicted octanol–water partition coefficient (Wildman–Crippen LogP) is 4.32. The van der Waals surface area contributed by atoms with E-state index in [0.29, 0.717) is 16.9 Å². The number of nitrogens with one attached hydrogen (secondary N) is 1. The molecule has 6 heteroatoms. The van der Waals surface area contributed by atoms with Crippen molar-refractivity contribution in [1.82, 2.24) is 0 Å². The number of hydrogen-bond donors (Lipinski definition) is 1. The van der Waals surface area contributed by atoms with Gasteiger partial charge in [0.25, 0.3) is 5.91 Å². The first-order chi connectivity index (χ1) is 14.5. The zero-order valence-electron chi connectivity index (χ0n) is 16.4. The number of hydrogen-bond acceptors (Lipinski definition) is 5. The Morgan fingerprint density at radius 1 is 0.967 bits per heavy atom. The number of carbonyl (C=O) groups is 2. The summed E-state index contributed by atoms with van der Waals surface area (Å²) >= 11 is 0. The number of amides is 1. The summed E-state index contributed by atoms with van der Waals surface area (Å²) in [4.78, 5) is 24.4. The van der Waals surface area contributed by atoms with Crippen molar-refractivity contribution in [2.45, 2.75) is 19.6 Å². The molecule has 0 spiro atoms. The van der Waals surface area contributed by atoms with Gasteiger partial charge in [0.1, 0.15) is 12.4 Å². The number of esters is 1. The summed E-state index contributed by atoms with van der Waals surface area (Å²) in [5.74, 6) is -0.244. The summed E-state index contributed by atoms with van der Waals surface area (Å²) in [7, 11) is 0. The minimum absolute atomic E-state index is 0.0699. The molecule has 30 heavy (non-hydrogen) atoms. The summed E-state index contributed by atoms with van der Waals surface area (Å²) in [5, 5.41) is 11.6. The van der Waals surface area contributed by atoms with E-state index in [-0.39, 0.29) is 12.5 Å². The predicted molar refractivity (Wildman–Crippen MR) is 112 cm³/mol. The van der Waals surface area contributed by atoms with Crippen LogP contribution in [0.25, 0.3) is 0 Å². The number of nitriles is 1. The van der Waals surface area contributed by atoms with Gasteiger partial charge in [0.05, 0.1) is 11.6 Å². The number of nitrogens with zero attached hydrogens (tertiary/aromatic N) is 1. The summed E-state index contributed by atoms with van der Waals surface area (Å²) in [5.41, 5.74) is 2.49. The minimum atomic E-state index is -0.797. The van der Waals surface area contributed by atoms with Crippen LogP contribution in [0, 0.1) is 11.3 Å². The van der Waals surface area contributed by atoms with Crippen LogP contribution in [-0.4, -0.2) is 18.0 Å². The Kier molecular flexibility index (Phi) is 6.80. The lowest BCUT2D eigenvalue weighted by Crippen LogP contribution is -2.26. The van der Waals surface area contributed by atoms with Gasteiger partial charge in [0, 0.05) is 11.3 Å². The van der Waals surface area contributed by atoms with Gasteiger partial charge in [-0.05, 0) is 61.0 Å². The van der Waals surface area contributed by atoms with Crippen molar-refractivity contribution in [1.29, 1.82) is 5.26 Å². The van der Waals surface area contributed by atoms with E-state index in [2.05, 4.69) is 5.32 Å². The van der Waals surface area contributed by atoms with E-state index in [1.165, 1.54) is 0 Å². The molecule has 0 aromatic heterocycles. The molecule has 0 aliphatic rings. The van der Waals surface area contributed by atoms with Crippen LogP contribution in [0.4, 0.5) is 5.69 Å². The largest absolute Gasteiger partial charge is 0.479 e. The fourth-order valence-corrected chi connectivity index (χ4v) is 2.61. The first-order valence-electron chi connectivity index (χ1n) is 9.34. The zero-order chi connectivity index (χ0) is 21.3. The van der Waals surface area contributed by atoms with Crippen molar-refractivity contribution >= 4 is 17.6 Å². The van der Waals surface area contributed by atoms with Gasteiger partial charge in [0.2, 0.25) is 0 Å². The van der Waals surface area contributed by atoms with E-state index >= 15 is 0 Å². The maximum Gasteiger partial charge on any atom is 0.347 e. The Morgan fingerprint density at radius 2 is 1.63 bits per heavy atom. The molecular weight excluding hydrogens is 380 g/mol. The molecule has 0 radical (unpaired) electrons. The molecule has 0 heterocycles. The maximum atomic E-state index is 12.3. The van der Waals surface area contributed by atoms with Gasteiger partial charge in [-0.15, -0.1) is 0 Å². The van der Waals surface area contributed by atoms with Crippen LogP contribution >= 0.6 is 0 Å². The minimum Gasteiger partial charge on any atom is -0.479 e. The van der Waals surface area contributed by atoms with E-state index in [9.17, 15) is 9.59 Å². The molecule has 3 rings (SSSR count). The average Bonchev–Trinajstić information content (AvgIpc) is 2.79. The number of rotatable bonds is 7. The first kappa shape index (κ1) is 20.6. The molecule has 0 fully saturated rings. The van der Waals surface area contributed by atoms with Gasteiger partial charge in [-0.3, -0.25) is 4.79 Å². The van der Waals surface area contributed by atoms with Gasteiger partial charge >= 0.3 is 5.97 Å². The van der Waals surface area contributed by atoms with Crippen molar-refractivity contribution in [3.05, 3.63) is 95.6 Å². The van der Waals surface area contributed by atoms with Crippen molar-refractivity contribution in [2.24, 2.45) is 0 Å². The van der Waals surface area contributed by atoms with Crippen LogP contribution in [0.3, 0.4) is 0 Å². The number of anilines is 1. The molecular formula is C24H20N2O4. The molecule has 150 valence electrons. The Labute approximate surface area is 174 Å². The molecule has 3 aromatic carbocycles. The quantitative estimate of drug-likeness (QED) is 0.597. The van der Waals surface area contributed by atoms with E-state index in [0.717, 1.165) is 11.3 Å². The highest BCUT2D eigenvalue weighted by Crippen LogP contribution is 2.15. The molecule has 1 atom stereocenters. The van der Waals surface area contributed by atoms with Crippen LogP contribution in [0.15, 0.2) is 78.9 Å². The second-order valence-corrected chi connectivity index (χ2v) is 6.52. The van der Waals surface area contributed by atoms with Crippen LogP contribution in [0.5, 0.6) is 5.75 Å². The highest BCUT2D eigenvalue weighted by Gasteiger charge is 2.16. The van der Waals surface area contributed by atoms with Gasteiger partial charge in [-0.1, -0.05) is 30.3 Å². The SMILES string of the molecule is C[C@H](Oc1ccc(C#N)cc1)C(=O)OCc1ccc(C(=O)Nc2ccccc2)cc1. The Balaban J connectivity index is 1.49. The van der Waals surface area contributed by atoms with Crippen LogP contribution < -0.4 is 10.1 Å². The maximum absolute atomic E-state index is 12.3. The summed E-state index contributed by atoms with van der Waals surface area (Å²) < 4.78 is 10.8. The average molecular weight is 400 g/mol. The van der Waals surface area contributed by atoms with Crippen LogP contribution in [-0.2, 0) is 16.1 Å².